The lowest BCUT2D eigenvalue weighted by Crippen LogP contribution is -2.28. The number of carbonyl (C=O) groups excluding carboxylic acids is 3. The fraction of sp³-hybridized carbons (Fsp3) is 0.222. The molecule has 0 aliphatic heterocycles. The highest BCUT2D eigenvalue weighted by Crippen LogP contribution is 2.26. The zero-order chi connectivity index (χ0) is 23.8. The summed E-state index contributed by atoms with van der Waals surface area (Å²) >= 11 is 0. The third-order valence-corrected chi connectivity index (χ3v) is 5.01. The van der Waals surface area contributed by atoms with Crippen molar-refractivity contribution in [1.29, 1.82) is 0 Å². The van der Waals surface area contributed by atoms with E-state index < -0.39 is 18.0 Å². The Morgan fingerprint density at radius 3 is 2.27 bits per heavy atom. The summed E-state index contributed by atoms with van der Waals surface area (Å²) in [5, 5.41) is 2.73. The van der Waals surface area contributed by atoms with E-state index in [0.717, 1.165) is 5.56 Å². The molecule has 0 fully saturated rings. The van der Waals surface area contributed by atoms with Gasteiger partial charge in [0.15, 0.2) is 12.4 Å². The predicted molar refractivity (Wildman–Crippen MR) is 126 cm³/mol. The molecule has 3 aromatic rings. The molecule has 3 aromatic carbocycles. The van der Waals surface area contributed by atoms with Crippen LogP contribution in [0.4, 0.5) is 5.69 Å². The molecular weight excluding hydrogens is 418 g/mol. The van der Waals surface area contributed by atoms with Gasteiger partial charge in [0.1, 0.15) is 5.75 Å². The summed E-state index contributed by atoms with van der Waals surface area (Å²) < 4.78 is 11.2. The van der Waals surface area contributed by atoms with Crippen LogP contribution in [0.1, 0.15) is 54.3 Å². The highest BCUT2D eigenvalue weighted by atomic mass is 16.6. The van der Waals surface area contributed by atoms with Crippen molar-refractivity contribution in [2.24, 2.45) is 0 Å². The Kier molecular flexibility index (Phi) is 7.97. The summed E-state index contributed by atoms with van der Waals surface area (Å²) in [6.45, 7) is 5.20. The van der Waals surface area contributed by atoms with Crippen LogP contribution in [0.5, 0.6) is 5.75 Å². The number of ether oxygens (including phenoxy) is 2. The van der Waals surface area contributed by atoms with E-state index in [0.29, 0.717) is 22.6 Å². The molecule has 0 saturated carbocycles. The van der Waals surface area contributed by atoms with Crippen molar-refractivity contribution in [3.05, 3.63) is 95.6 Å². The van der Waals surface area contributed by atoms with Crippen molar-refractivity contribution in [2.45, 2.75) is 32.8 Å². The van der Waals surface area contributed by atoms with Crippen LogP contribution < -0.4 is 10.1 Å². The molecule has 1 unspecified atom stereocenters. The fourth-order valence-electron chi connectivity index (χ4n) is 3.32. The van der Waals surface area contributed by atoms with Crippen LogP contribution in [0.25, 0.3) is 0 Å². The number of amides is 1. The van der Waals surface area contributed by atoms with Crippen molar-refractivity contribution in [3.63, 3.8) is 0 Å². The summed E-state index contributed by atoms with van der Waals surface area (Å²) in [5.41, 5.74) is 2.41. The second-order valence-corrected chi connectivity index (χ2v) is 7.89. The number of esters is 1. The van der Waals surface area contributed by atoms with Crippen molar-refractivity contribution in [3.8, 4) is 5.75 Å². The summed E-state index contributed by atoms with van der Waals surface area (Å²) in [6.07, 6.45) is -1.18. The van der Waals surface area contributed by atoms with Gasteiger partial charge in [0.05, 0.1) is 0 Å². The number of rotatable bonds is 9. The number of carbonyl (C=O) groups is 3. The number of para-hydroxylation sites is 1. The molecule has 1 atom stereocenters. The Balaban J connectivity index is 1.73. The van der Waals surface area contributed by atoms with E-state index in [1.807, 2.05) is 38.1 Å². The Morgan fingerprint density at radius 2 is 1.58 bits per heavy atom. The molecular formula is C27H27NO5. The van der Waals surface area contributed by atoms with Crippen LogP contribution in [0, 0.1) is 0 Å². The first-order valence-corrected chi connectivity index (χ1v) is 10.7. The molecule has 0 aliphatic carbocycles. The normalized spacial score (nSPS) is 11.5. The molecule has 0 saturated heterocycles. The molecule has 0 spiro atoms. The highest BCUT2D eigenvalue weighted by Gasteiger charge is 2.25. The minimum Gasteiger partial charge on any atom is -0.482 e. The van der Waals surface area contributed by atoms with Gasteiger partial charge in [-0.1, -0.05) is 74.5 Å². The van der Waals surface area contributed by atoms with Gasteiger partial charge in [-0.15, -0.1) is 0 Å². The molecule has 6 nitrogen and oxygen atoms in total. The molecule has 0 aliphatic rings. The van der Waals surface area contributed by atoms with E-state index in [1.54, 1.807) is 54.6 Å². The lowest BCUT2D eigenvalue weighted by molar-refractivity contribution is -0.156. The Bertz CT molecular complexity index is 1120. The average molecular weight is 446 g/mol. The van der Waals surface area contributed by atoms with Crippen LogP contribution >= 0.6 is 0 Å². The number of Topliss-reactive ketones (excluding diaryl/α,β-unsaturated/α-hetero) is 1. The maximum absolute atomic E-state index is 13.0. The Morgan fingerprint density at radius 1 is 0.879 bits per heavy atom. The van der Waals surface area contributed by atoms with Gasteiger partial charge in [-0.05, 0) is 36.6 Å². The van der Waals surface area contributed by atoms with Crippen molar-refractivity contribution in [1.82, 2.24) is 0 Å². The maximum Gasteiger partial charge on any atom is 0.345 e. The number of benzene rings is 3. The van der Waals surface area contributed by atoms with Gasteiger partial charge in [0.2, 0.25) is 6.10 Å². The number of nitrogens with one attached hydrogen (secondary N) is 1. The first kappa shape index (κ1) is 23.7. The molecule has 1 amide bonds. The minimum atomic E-state index is -1.18. The molecule has 6 heteroatoms. The van der Waals surface area contributed by atoms with Crippen LogP contribution in [0.15, 0.2) is 78.9 Å². The SMILES string of the molecule is CC(=O)c1cccc(NC(=O)C(OC(=O)COc2ccccc2C(C)C)c2ccccc2)c1. The van der Waals surface area contributed by atoms with Gasteiger partial charge >= 0.3 is 5.97 Å². The topological polar surface area (TPSA) is 81.7 Å². The van der Waals surface area contributed by atoms with Crippen molar-refractivity contribution < 1.29 is 23.9 Å². The molecule has 33 heavy (non-hydrogen) atoms. The average Bonchev–Trinajstić information content (AvgIpc) is 2.82. The predicted octanol–water partition coefficient (Wildman–Crippen LogP) is 5.31. The van der Waals surface area contributed by atoms with Gasteiger partial charge in [-0.2, -0.15) is 0 Å². The number of ketones is 1. The molecule has 1 N–H and O–H groups in total. The lowest BCUT2D eigenvalue weighted by atomic mass is 10.0. The Labute approximate surface area is 193 Å². The van der Waals surface area contributed by atoms with E-state index >= 15 is 0 Å². The smallest absolute Gasteiger partial charge is 0.345 e. The first-order chi connectivity index (χ1) is 15.8. The zero-order valence-electron chi connectivity index (χ0n) is 18.9. The monoisotopic (exact) mass is 445 g/mol. The molecule has 0 bridgehead atoms. The van der Waals surface area contributed by atoms with Gasteiger partial charge in [0.25, 0.3) is 5.91 Å². The van der Waals surface area contributed by atoms with E-state index in [9.17, 15) is 14.4 Å². The van der Waals surface area contributed by atoms with Crippen molar-refractivity contribution >= 4 is 23.3 Å². The highest BCUT2D eigenvalue weighted by molar-refractivity contribution is 5.99. The number of hydrogen-bond donors (Lipinski definition) is 1. The zero-order valence-corrected chi connectivity index (χ0v) is 18.9. The second-order valence-electron chi connectivity index (χ2n) is 7.89. The van der Waals surface area contributed by atoms with E-state index in [1.165, 1.54) is 6.92 Å². The maximum atomic E-state index is 13.0. The van der Waals surface area contributed by atoms with E-state index in [4.69, 9.17) is 9.47 Å². The van der Waals surface area contributed by atoms with Gasteiger partial charge in [-0.3, -0.25) is 9.59 Å². The standard InChI is InChI=1S/C27H27NO5/c1-18(2)23-14-7-8-15-24(23)32-17-25(30)33-26(20-10-5-4-6-11-20)27(31)28-22-13-9-12-21(16-22)19(3)29/h4-16,18,26H,17H2,1-3H3,(H,28,31). The summed E-state index contributed by atoms with van der Waals surface area (Å²) in [7, 11) is 0. The van der Waals surface area contributed by atoms with Gasteiger partial charge in [0, 0.05) is 16.8 Å². The first-order valence-electron chi connectivity index (χ1n) is 10.7. The summed E-state index contributed by atoms with van der Waals surface area (Å²) in [4.78, 5) is 37.3. The third kappa shape index (κ3) is 6.53. The van der Waals surface area contributed by atoms with E-state index in [-0.39, 0.29) is 18.3 Å². The van der Waals surface area contributed by atoms with Crippen LogP contribution in [-0.4, -0.2) is 24.3 Å². The fourth-order valence-corrected chi connectivity index (χ4v) is 3.32. The van der Waals surface area contributed by atoms with Crippen LogP contribution in [0.2, 0.25) is 0 Å². The Hall–Kier alpha value is -3.93. The molecule has 0 aromatic heterocycles. The quantitative estimate of drug-likeness (QED) is 0.356. The van der Waals surface area contributed by atoms with Crippen LogP contribution in [-0.2, 0) is 14.3 Å². The molecule has 0 heterocycles. The lowest BCUT2D eigenvalue weighted by Gasteiger charge is -2.19. The summed E-state index contributed by atoms with van der Waals surface area (Å²) in [6, 6.07) is 22.8. The number of hydrogen-bond acceptors (Lipinski definition) is 5. The largest absolute Gasteiger partial charge is 0.482 e. The minimum absolute atomic E-state index is 0.115. The second kappa shape index (κ2) is 11.1. The van der Waals surface area contributed by atoms with Gasteiger partial charge < -0.3 is 14.8 Å². The van der Waals surface area contributed by atoms with Crippen molar-refractivity contribution in [2.75, 3.05) is 11.9 Å². The molecule has 3 rings (SSSR count). The van der Waals surface area contributed by atoms with Crippen LogP contribution in [0.3, 0.4) is 0 Å². The van der Waals surface area contributed by atoms with E-state index in [2.05, 4.69) is 5.32 Å². The number of anilines is 1. The third-order valence-electron chi connectivity index (χ3n) is 5.01. The van der Waals surface area contributed by atoms with Gasteiger partial charge in [-0.25, -0.2) is 4.79 Å². The summed E-state index contributed by atoms with van der Waals surface area (Å²) in [5.74, 6) is -0.485. The molecule has 170 valence electrons. The molecule has 0 radical (unpaired) electrons.